The summed E-state index contributed by atoms with van der Waals surface area (Å²) in [5.74, 6) is 0.767. The van der Waals surface area contributed by atoms with E-state index in [1.807, 2.05) is 42.5 Å². The number of halogens is 2. The van der Waals surface area contributed by atoms with Crippen molar-refractivity contribution in [1.82, 2.24) is 0 Å². The van der Waals surface area contributed by atoms with Gasteiger partial charge in [0.15, 0.2) is 0 Å². The Balaban J connectivity index is 2.09. The van der Waals surface area contributed by atoms with E-state index in [1.165, 1.54) is 0 Å². The van der Waals surface area contributed by atoms with Crippen LogP contribution in [0.2, 0.25) is 0 Å². The summed E-state index contributed by atoms with van der Waals surface area (Å²) >= 11 is 6.92. The minimum atomic E-state index is 0.0309. The molecule has 0 radical (unpaired) electrons. The molecule has 0 aliphatic rings. The Morgan fingerprint density at radius 1 is 1.00 bits per heavy atom. The van der Waals surface area contributed by atoms with Crippen LogP contribution >= 0.6 is 31.9 Å². The maximum absolute atomic E-state index is 9.03. The zero-order chi connectivity index (χ0) is 13.0. The fourth-order valence-corrected chi connectivity index (χ4v) is 2.47. The summed E-state index contributed by atoms with van der Waals surface area (Å²) in [6.07, 6.45) is 0. The number of ether oxygens (including phenoxy) is 1. The lowest BCUT2D eigenvalue weighted by molar-refractivity contribution is 0.280. The molecular weight excluding hydrogens is 360 g/mol. The average molecular weight is 372 g/mol. The highest BCUT2D eigenvalue weighted by Crippen LogP contribution is 2.27. The van der Waals surface area contributed by atoms with E-state index in [-0.39, 0.29) is 6.61 Å². The number of hydrogen-bond donors (Lipinski definition) is 1. The molecule has 0 atom stereocenters. The van der Waals surface area contributed by atoms with Crippen LogP contribution in [-0.4, -0.2) is 5.11 Å². The lowest BCUT2D eigenvalue weighted by Gasteiger charge is -2.10. The van der Waals surface area contributed by atoms with Crippen molar-refractivity contribution >= 4 is 31.9 Å². The van der Waals surface area contributed by atoms with Crippen LogP contribution in [0.15, 0.2) is 51.4 Å². The normalized spacial score (nSPS) is 10.4. The first-order valence-electron chi connectivity index (χ1n) is 5.46. The molecule has 0 unspecified atom stereocenters. The van der Waals surface area contributed by atoms with Crippen LogP contribution in [0.3, 0.4) is 0 Å². The smallest absolute Gasteiger partial charge is 0.134 e. The first-order valence-corrected chi connectivity index (χ1v) is 7.05. The van der Waals surface area contributed by atoms with E-state index in [4.69, 9.17) is 9.84 Å². The van der Waals surface area contributed by atoms with Crippen LogP contribution in [-0.2, 0) is 13.2 Å². The number of benzene rings is 2. The molecule has 0 aliphatic heterocycles. The quantitative estimate of drug-likeness (QED) is 0.868. The van der Waals surface area contributed by atoms with Gasteiger partial charge in [-0.15, -0.1) is 0 Å². The van der Waals surface area contributed by atoms with E-state index in [0.717, 1.165) is 25.8 Å². The van der Waals surface area contributed by atoms with Crippen LogP contribution in [0.25, 0.3) is 0 Å². The Hall–Kier alpha value is -0.840. The van der Waals surface area contributed by atoms with Crippen molar-refractivity contribution in [3.63, 3.8) is 0 Å². The fourth-order valence-electron chi connectivity index (χ4n) is 1.53. The molecule has 0 aliphatic carbocycles. The summed E-state index contributed by atoms with van der Waals surface area (Å²) in [5, 5.41) is 9.03. The Kier molecular flexibility index (Phi) is 4.80. The summed E-state index contributed by atoms with van der Waals surface area (Å²) in [6, 6.07) is 13.5. The Bertz CT molecular complexity index is 541. The summed E-state index contributed by atoms with van der Waals surface area (Å²) in [7, 11) is 0. The topological polar surface area (TPSA) is 29.5 Å². The maximum Gasteiger partial charge on any atom is 0.134 e. The molecule has 2 nitrogen and oxygen atoms in total. The van der Waals surface area contributed by atoms with Gasteiger partial charge in [0.2, 0.25) is 0 Å². The van der Waals surface area contributed by atoms with Crippen LogP contribution in [0.5, 0.6) is 5.75 Å². The average Bonchev–Trinajstić information content (AvgIpc) is 2.39. The van der Waals surface area contributed by atoms with Gasteiger partial charge in [0.25, 0.3) is 0 Å². The van der Waals surface area contributed by atoms with E-state index in [9.17, 15) is 0 Å². The summed E-state index contributed by atoms with van der Waals surface area (Å²) in [6.45, 7) is 0.529. The molecular formula is C14H12Br2O2. The SMILES string of the molecule is OCc1ccc(OCc2ccccc2Br)c(Br)c1. The van der Waals surface area contributed by atoms with Gasteiger partial charge in [-0.3, -0.25) is 0 Å². The predicted molar refractivity (Wildman–Crippen MR) is 78.5 cm³/mol. The monoisotopic (exact) mass is 370 g/mol. The van der Waals surface area contributed by atoms with Crippen LogP contribution in [0, 0.1) is 0 Å². The molecule has 1 N–H and O–H groups in total. The van der Waals surface area contributed by atoms with E-state index in [0.29, 0.717) is 6.61 Å². The molecule has 0 spiro atoms. The number of aliphatic hydroxyl groups excluding tert-OH is 1. The second-order valence-corrected chi connectivity index (χ2v) is 5.51. The van der Waals surface area contributed by atoms with Gasteiger partial charge >= 0.3 is 0 Å². The fraction of sp³-hybridized carbons (Fsp3) is 0.143. The van der Waals surface area contributed by atoms with Gasteiger partial charge in [-0.2, -0.15) is 0 Å². The number of hydrogen-bond acceptors (Lipinski definition) is 2. The molecule has 2 rings (SSSR count). The molecule has 0 saturated carbocycles. The molecule has 0 fully saturated rings. The van der Waals surface area contributed by atoms with Crippen LogP contribution in [0.4, 0.5) is 0 Å². The molecule has 0 amide bonds. The summed E-state index contributed by atoms with van der Waals surface area (Å²) < 4.78 is 7.63. The number of rotatable bonds is 4. The van der Waals surface area contributed by atoms with Crippen molar-refractivity contribution in [1.29, 1.82) is 0 Å². The molecule has 94 valence electrons. The third kappa shape index (κ3) is 3.34. The van der Waals surface area contributed by atoms with Gasteiger partial charge in [-0.1, -0.05) is 40.2 Å². The van der Waals surface area contributed by atoms with Crippen molar-refractivity contribution in [2.75, 3.05) is 0 Å². The standard InChI is InChI=1S/C14H12Br2O2/c15-12-4-2-1-3-11(12)9-18-14-6-5-10(8-17)7-13(14)16/h1-7,17H,8-9H2. The molecule has 18 heavy (non-hydrogen) atoms. The highest BCUT2D eigenvalue weighted by Gasteiger charge is 2.04. The van der Waals surface area contributed by atoms with Crippen LogP contribution < -0.4 is 4.74 Å². The van der Waals surface area contributed by atoms with Crippen molar-refractivity contribution < 1.29 is 9.84 Å². The van der Waals surface area contributed by atoms with Gasteiger partial charge in [0.1, 0.15) is 12.4 Å². The van der Waals surface area contributed by atoms with Crippen molar-refractivity contribution in [2.45, 2.75) is 13.2 Å². The lowest BCUT2D eigenvalue weighted by Crippen LogP contribution is -1.97. The zero-order valence-electron chi connectivity index (χ0n) is 9.57. The van der Waals surface area contributed by atoms with Gasteiger partial charge in [0, 0.05) is 10.0 Å². The molecule has 0 aromatic heterocycles. The van der Waals surface area contributed by atoms with Gasteiger partial charge in [0.05, 0.1) is 11.1 Å². The summed E-state index contributed by atoms with van der Waals surface area (Å²) in [5.41, 5.74) is 1.95. The second-order valence-electron chi connectivity index (χ2n) is 3.80. The van der Waals surface area contributed by atoms with Gasteiger partial charge < -0.3 is 9.84 Å². The van der Waals surface area contributed by atoms with Crippen LogP contribution in [0.1, 0.15) is 11.1 Å². The predicted octanol–water partition coefficient (Wildman–Crippen LogP) is 4.28. The maximum atomic E-state index is 9.03. The van der Waals surface area contributed by atoms with Gasteiger partial charge in [-0.25, -0.2) is 0 Å². The molecule has 4 heteroatoms. The Morgan fingerprint density at radius 2 is 1.78 bits per heavy atom. The lowest BCUT2D eigenvalue weighted by atomic mass is 10.2. The molecule has 0 saturated heterocycles. The van der Waals surface area contributed by atoms with E-state index >= 15 is 0 Å². The Morgan fingerprint density at radius 3 is 2.44 bits per heavy atom. The largest absolute Gasteiger partial charge is 0.488 e. The Labute approximate surface area is 123 Å². The first-order chi connectivity index (χ1) is 8.70. The van der Waals surface area contributed by atoms with E-state index < -0.39 is 0 Å². The number of aliphatic hydroxyl groups is 1. The molecule has 2 aromatic rings. The highest BCUT2D eigenvalue weighted by atomic mass is 79.9. The van der Waals surface area contributed by atoms with Crippen molar-refractivity contribution in [3.05, 3.63) is 62.5 Å². The third-order valence-electron chi connectivity index (χ3n) is 2.52. The second kappa shape index (κ2) is 6.36. The first kappa shape index (κ1) is 13.6. The highest BCUT2D eigenvalue weighted by molar-refractivity contribution is 9.10. The van der Waals surface area contributed by atoms with Crippen molar-refractivity contribution in [2.24, 2.45) is 0 Å². The van der Waals surface area contributed by atoms with Gasteiger partial charge in [-0.05, 0) is 39.7 Å². The molecule has 0 heterocycles. The van der Waals surface area contributed by atoms with Crippen molar-refractivity contribution in [3.8, 4) is 5.75 Å². The zero-order valence-corrected chi connectivity index (χ0v) is 12.7. The molecule has 2 aromatic carbocycles. The minimum absolute atomic E-state index is 0.0309. The molecule has 0 bridgehead atoms. The summed E-state index contributed by atoms with van der Waals surface area (Å²) in [4.78, 5) is 0. The van der Waals surface area contributed by atoms with E-state index in [1.54, 1.807) is 0 Å². The third-order valence-corrected chi connectivity index (χ3v) is 3.91. The minimum Gasteiger partial charge on any atom is -0.488 e. The van der Waals surface area contributed by atoms with E-state index in [2.05, 4.69) is 31.9 Å².